The van der Waals surface area contributed by atoms with Crippen LogP contribution in [0.2, 0.25) is 0 Å². The first kappa shape index (κ1) is 17.6. The molecule has 1 unspecified atom stereocenters. The molecule has 0 saturated carbocycles. The van der Waals surface area contributed by atoms with E-state index in [1.54, 1.807) is 6.92 Å². The van der Waals surface area contributed by atoms with Crippen LogP contribution in [-0.4, -0.2) is 74.2 Å². The monoisotopic (exact) mass is 295 g/mol. The van der Waals surface area contributed by atoms with Gasteiger partial charge in [0.2, 0.25) is 10.0 Å². The Balaban J connectivity index is 4.37. The minimum Gasteiger partial charge on any atom is -0.480 e. The van der Waals surface area contributed by atoms with Gasteiger partial charge in [0.25, 0.3) is 0 Å². The number of rotatable bonds is 7. The number of carboxylic acids is 1. The lowest BCUT2D eigenvalue weighted by Crippen LogP contribution is -2.48. The van der Waals surface area contributed by atoms with Crippen LogP contribution < -0.4 is 5.32 Å². The van der Waals surface area contributed by atoms with Crippen molar-refractivity contribution in [3.05, 3.63) is 0 Å². The number of nitrogens with one attached hydrogen (secondary N) is 1. The van der Waals surface area contributed by atoms with E-state index >= 15 is 0 Å². The third-order valence-electron chi connectivity index (χ3n) is 2.65. The molecule has 0 aliphatic carbocycles. The fourth-order valence-electron chi connectivity index (χ4n) is 1.35. The van der Waals surface area contributed by atoms with Gasteiger partial charge in [0.1, 0.15) is 6.04 Å². The van der Waals surface area contributed by atoms with E-state index in [1.807, 2.05) is 0 Å². The summed E-state index contributed by atoms with van der Waals surface area (Å²) in [5.74, 6) is -1.33. The molecule has 112 valence electrons. The predicted octanol–water partition coefficient (Wildman–Crippen LogP) is -0.618. The maximum atomic E-state index is 11.6. The maximum absolute atomic E-state index is 11.6. The van der Waals surface area contributed by atoms with E-state index in [1.165, 1.54) is 21.1 Å². The van der Waals surface area contributed by atoms with Gasteiger partial charge in [0, 0.05) is 27.7 Å². The second-order valence-corrected chi connectivity index (χ2v) is 6.51. The van der Waals surface area contributed by atoms with Crippen LogP contribution in [0.1, 0.15) is 13.3 Å². The summed E-state index contributed by atoms with van der Waals surface area (Å²) in [6.07, 6.45) is 0.273. The predicted molar refractivity (Wildman–Crippen MR) is 70.4 cm³/mol. The molecule has 0 aromatic rings. The zero-order valence-electron chi connectivity index (χ0n) is 11.6. The Morgan fingerprint density at radius 3 is 2.16 bits per heavy atom. The highest BCUT2D eigenvalue weighted by molar-refractivity contribution is 7.89. The maximum Gasteiger partial charge on any atom is 0.326 e. The normalized spacial score (nSPS) is 13.1. The summed E-state index contributed by atoms with van der Waals surface area (Å²) in [5.41, 5.74) is 0. The van der Waals surface area contributed by atoms with Crippen molar-refractivity contribution in [1.29, 1.82) is 0 Å². The van der Waals surface area contributed by atoms with E-state index in [2.05, 4.69) is 5.32 Å². The lowest BCUT2D eigenvalue weighted by molar-refractivity contribution is -0.141. The van der Waals surface area contributed by atoms with Crippen molar-refractivity contribution in [2.45, 2.75) is 19.4 Å². The average Bonchev–Trinajstić information content (AvgIpc) is 2.28. The largest absolute Gasteiger partial charge is 0.480 e. The van der Waals surface area contributed by atoms with Gasteiger partial charge < -0.3 is 15.3 Å². The van der Waals surface area contributed by atoms with E-state index in [-0.39, 0.29) is 18.7 Å². The van der Waals surface area contributed by atoms with Crippen molar-refractivity contribution in [2.75, 3.05) is 33.4 Å². The average molecular weight is 295 g/mol. The molecule has 8 nitrogen and oxygen atoms in total. The first-order chi connectivity index (χ1) is 8.63. The summed E-state index contributed by atoms with van der Waals surface area (Å²) in [6, 6.07) is -1.53. The van der Waals surface area contributed by atoms with Crippen molar-refractivity contribution in [1.82, 2.24) is 14.5 Å². The van der Waals surface area contributed by atoms with E-state index in [0.717, 1.165) is 9.21 Å². The molecule has 0 radical (unpaired) electrons. The smallest absolute Gasteiger partial charge is 0.326 e. The first-order valence-electron chi connectivity index (χ1n) is 5.77. The van der Waals surface area contributed by atoms with E-state index < -0.39 is 28.1 Å². The number of likely N-dealkylation sites (N-methyl/N-ethyl adjacent to an activating group) is 1. The number of amides is 2. The summed E-state index contributed by atoms with van der Waals surface area (Å²) in [7, 11) is 0.788. The van der Waals surface area contributed by atoms with Crippen LogP contribution in [0, 0.1) is 0 Å². The number of hydrogen-bond acceptors (Lipinski definition) is 4. The summed E-state index contributed by atoms with van der Waals surface area (Å²) >= 11 is 0. The minimum atomic E-state index is -3.38. The van der Waals surface area contributed by atoms with Gasteiger partial charge in [-0.05, 0) is 6.42 Å². The van der Waals surface area contributed by atoms with Crippen LogP contribution in [0.15, 0.2) is 0 Å². The number of nitrogens with zero attached hydrogens (tertiary/aromatic N) is 2. The number of aliphatic carboxylic acids is 1. The molecule has 0 spiro atoms. The number of carboxylic acid groups (broad SMARTS) is 1. The Kier molecular flexibility index (Phi) is 6.77. The van der Waals surface area contributed by atoms with E-state index in [0.29, 0.717) is 0 Å². The molecule has 2 N–H and O–H groups in total. The Labute approximate surface area is 113 Å². The molecule has 0 aromatic heterocycles. The standard InChI is InChI=1S/C10H21N3O5S/c1-5-8(9(14)15)13(4)10(16)11-6-7-19(17,18)12(2)3/h8H,5-7H2,1-4H3,(H,11,16)(H,14,15). The lowest BCUT2D eigenvalue weighted by Gasteiger charge is -2.24. The molecule has 0 aromatic carbocycles. The molecule has 0 bridgehead atoms. The molecule has 0 aliphatic rings. The molecule has 1 atom stereocenters. The molecular formula is C10H21N3O5S. The number of hydrogen-bond donors (Lipinski definition) is 2. The fourth-order valence-corrected chi connectivity index (χ4v) is 2.08. The van der Waals surface area contributed by atoms with Crippen molar-refractivity contribution in [3.63, 3.8) is 0 Å². The minimum absolute atomic E-state index is 0.0697. The summed E-state index contributed by atoms with van der Waals surface area (Å²) < 4.78 is 24.0. The molecule has 19 heavy (non-hydrogen) atoms. The zero-order valence-corrected chi connectivity index (χ0v) is 12.4. The summed E-state index contributed by atoms with van der Waals surface area (Å²) in [4.78, 5) is 23.6. The van der Waals surface area contributed by atoms with Gasteiger partial charge in [0.15, 0.2) is 0 Å². The van der Waals surface area contributed by atoms with Crippen molar-refractivity contribution < 1.29 is 23.1 Å². The van der Waals surface area contributed by atoms with Crippen LogP contribution in [0.5, 0.6) is 0 Å². The van der Waals surface area contributed by atoms with Crippen LogP contribution in [0.4, 0.5) is 4.79 Å². The van der Waals surface area contributed by atoms with Gasteiger partial charge >= 0.3 is 12.0 Å². The Morgan fingerprint density at radius 2 is 1.79 bits per heavy atom. The molecular weight excluding hydrogens is 274 g/mol. The van der Waals surface area contributed by atoms with E-state index in [4.69, 9.17) is 5.11 Å². The lowest BCUT2D eigenvalue weighted by atomic mass is 10.2. The molecule has 9 heteroatoms. The molecule has 0 saturated heterocycles. The number of carbonyl (C=O) groups is 2. The van der Waals surface area contributed by atoms with Gasteiger partial charge in [-0.3, -0.25) is 0 Å². The van der Waals surface area contributed by atoms with Crippen molar-refractivity contribution in [2.24, 2.45) is 0 Å². The highest BCUT2D eigenvalue weighted by atomic mass is 32.2. The summed E-state index contributed by atoms with van der Waals surface area (Å²) in [5, 5.41) is 11.3. The molecule has 0 rings (SSSR count). The Morgan fingerprint density at radius 1 is 1.26 bits per heavy atom. The number of carbonyl (C=O) groups excluding carboxylic acids is 1. The third kappa shape index (κ3) is 5.43. The van der Waals surface area contributed by atoms with E-state index in [9.17, 15) is 18.0 Å². The van der Waals surface area contributed by atoms with Gasteiger partial charge in [-0.2, -0.15) is 0 Å². The third-order valence-corrected chi connectivity index (χ3v) is 4.48. The molecule has 2 amide bonds. The first-order valence-corrected chi connectivity index (χ1v) is 7.38. The van der Waals surface area contributed by atoms with Crippen LogP contribution in [-0.2, 0) is 14.8 Å². The van der Waals surface area contributed by atoms with Crippen LogP contribution >= 0.6 is 0 Å². The Hall–Kier alpha value is -1.35. The van der Waals surface area contributed by atoms with Crippen LogP contribution in [0.3, 0.4) is 0 Å². The quantitative estimate of drug-likeness (QED) is 0.651. The van der Waals surface area contributed by atoms with Gasteiger partial charge in [0.05, 0.1) is 5.75 Å². The second kappa shape index (κ2) is 7.29. The fraction of sp³-hybridized carbons (Fsp3) is 0.800. The second-order valence-electron chi connectivity index (χ2n) is 4.20. The number of sulfonamides is 1. The molecule has 0 heterocycles. The van der Waals surface area contributed by atoms with Crippen molar-refractivity contribution >= 4 is 22.0 Å². The highest BCUT2D eigenvalue weighted by Crippen LogP contribution is 2.02. The SMILES string of the molecule is CCC(C(=O)O)N(C)C(=O)NCCS(=O)(=O)N(C)C. The summed E-state index contributed by atoms with van der Waals surface area (Å²) in [6.45, 7) is 1.58. The molecule has 0 fully saturated rings. The van der Waals surface area contributed by atoms with Crippen LogP contribution in [0.25, 0.3) is 0 Å². The molecule has 0 aliphatic heterocycles. The Bertz CT molecular complexity index is 421. The van der Waals surface area contributed by atoms with Gasteiger partial charge in [-0.25, -0.2) is 22.3 Å². The van der Waals surface area contributed by atoms with Gasteiger partial charge in [-0.1, -0.05) is 6.92 Å². The highest BCUT2D eigenvalue weighted by Gasteiger charge is 2.24. The van der Waals surface area contributed by atoms with Crippen molar-refractivity contribution in [3.8, 4) is 0 Å². The zero-order chi connectivity index (χ0) is 15.2. The topological polar surface area (TPSA) is 107 Å². The van der Waals surface area contributed by atoms with Gasteiger partial charge in [-0.15, -0.1) is 0 Å². The number of urea groups is 1.